The van der Waals surface area contributed by atoms with Crippen molar-refractivity contribution in [3.63, 3.8) is 0 Å². The van der Waals surface area contributed by atoms with Crippen LogP contribution in [0.1, 0.15) is 0 Å². The zero-order valence-electron chi connectivity index (χ0n) is 11.5. The molecule has 0 aliphatic carbocycles. The summed E-state index contributed by atoms with van der Waals surface area (Å²) in [6.45, 7) is 0.562. The van der Waals surface area contributed by atoms with Crippen molar-refractivity contribution in [1.29, 1.82) is 0 Å². The largest absolute Gasteiger partial charge is 0.493 e. The van der Waals surface area contributed by atoms with E-state index < -0.39 is 0 Å². The van der Waals surface area contributed by atoms with Crippen LogP contribution in [0.5, 0.6) is 5.75 Å². The van der Waals surface area contributed by atoms with Gasteiger partial charge in [0.05, 0.1) is 17.6 Å². The van der Waals surface area contributed by atoms with Gasteiger partial charge in [-0.2, -0.15) is 0 Å². The number of halogens is 2. The molecule has 1 heterocycles. The Labute approximate surface area is 144 Å². The highest BCUT2D eigenvalue weighted by Gasteiger charge is 2.10. The lowest BCUT2D eigenvalue weighted by Crippen LogP contribution is -2.05. The molecule has 0 N–H and O–H groups in total. The van der Waals surface area contributed by atoms with Gasteiger partial charge in [-0.05, 0) is 29.8 Å². The van der Waals surface area contributed by atoms with Crippen LogP contribution in [0.3, 0.4) is 0 Å². The van der Waals surface area contributed by atoms with Crippen LogP contribution in [0, 0.1) is 0 Å². The third-order valence-corrected chi connectivity index (χ3v) is 4.10. The molecule has 112 valence electrons. The summed E-state index contributed by atoms with van der Waals surface area (Å²) in [5, 5.41) is 1.30. The van der Waals surface area contributed by atoms with Crippen LogP contribution in [-0.2, 0) is 0 Å². The fourth-order valence-electron chi connectivity index (χ4n) is 2.18. The number of benzene rings is 2. The van der Waals surface area contributed by atoms with E-state index >= 15 is 0 Å². The molecule has 0 radical (unpaired) electrons. The molecule has 2 aromatic carbocycles. The molecule has 1 aromatic heterocycles. The predicted molar refractivity (Wildman–Crippen MR) is 94.9 cm³/mol. The third-order valence-electron chi connectivity index (χ3n) is 3.25. The number of hydrogen-bond acceptors (Lipinski definition) is 3. The zero-order valence-corrected chi connectivity index (χ0v) is 14.7. The zero-order chi connectivity index (χ0) is 15.5. The Morgan fingerprint density at radius 3 is 2.59 bits per heavy atom. The second kappa shape index (κ2) is 6.67. The minimum atomic E-state index is -0.0457. The Bertz CT molecular complexity index is 854. The van der Waals surface area contributed by atoms with Gasteiger partial charge < -0.3 is 9.15 Å². The molecule has 0 atom stereocenters. The van der Waals surface area contributed by atoms with E-state index in [1.165, 1.54) is 6.26 Å². The Kier molecular flexibility index (Phi) is 4.64. The first-order chi connectivity index (χ1) is 10.7. The molecule has 0 bridgehead atoms. The van der Waals surface area contributed by atoms with Crippen molar-refractivity contribution >= 4 is 42.8 Å². The Morgan fingerprint density at radius 1 is 1.09 bits per heavy atom. The number of hydrogen-bond donors (Lipinski definition) is 0. The lowest BCUT2D eigenvalue weighted by atomic mass is 10.1. The molecule has 3 nitrogen and oxygen atoms in total. The standard InChI is InChI=1S/C17H12Br2O3/c18-7-8-21-13-5-6-14-16(9-13)22-10-15(17(14)20)11-1-3-12(19)4-2-11/h1-6,9-10H,7-8H2. The maximum atomic E-state index is 12.6. The second-order valence-corrected chi connectivity index (χ2v) is 6.39. The van der Waals surface area contributed by atoms with Gasteiger partial charge in [0.25, 0.3) is 0 Å². The van der Waals surface area contributed by atoms with Gasteiger partial charge in [0.15, 0.2) is 5.43 Å². The molecule has 0 amide bonds. The molecule has 3 aromatic rings. The van der Waals surface area contributed by atoms with Crippen LogP contribution in [0.2, 0.25) is 0 Å². The number of rotatable bonds is 4. The van der Waals surface area contributed by atoms with Crippen molar-refractivity contribution in [3.05, 3.63) is 63.4 Å². The van der Waals surface area contributed by atoms with Crippen LogP contribution < -0.4 is 10.2 Å². The molecular weight excluding hydrogens is 412 g/mol. The van der Waals surface area contributed by atoms with Crippen LogP contribution in [-0.4, -0.2) is 11.9 Å². The van der Waals surface area contributed by atoms with E-state index in [2.05, 4.69) is 31.9 Å². The Morgan fingerprint density at radius 2 is 1.86 bits per heavy atom. The number of fused-ring (bicyclic) bond motifs is 1. The molecule has 3 rings (SSSR count). The average molecular weight is 424 g/mol. The molecule has 0 unspecified atom stereocenters. The van der Waals surface area contributed by atoms with Crippen molar-refractivity contribution in [1.82, 2.24) is 0 Å². The maximum absolute atomic E-state index is 12.6. The fourth-order valence-corrected chi connectivity index (χ4v) is 2.61. The van der Waals surface area contributed by atoms with Gasteiger partial charge in [-0.25, -0.2) is 0 Å². The lowest BCUT2D eigenvalue weighted by molar-refractivity contribution is 0.345. The van der Waals surface area contributed by atoms with Gasteiger partial charge >= 0.3 is 0 Å². The first-order valence-corrected chi connectivity index (χ1v) is 8.61. The topological polar surface area (TPSA) is 39.4 Å². The van der Waals surface area contributed by atoms with E-state index in [0.29, 0.717) is 28.9 Å². The Hall–Kier alpha value is -1.59. The number of ether oxygens (including phenoxy) is 1. The summed E-state index contributed by atoms with van der Waals surface area (Å²) in [4.78, 5) is 12.6. The molecule has 0 fully saturated rings. The quantitative estimate of drug-likeness (QED) is 0.554. The number of alkyl halides is 1. The first kappa shape index (κ1) is 15.3. The van der Waals surface area contributed by atoms with Crippen molar-refractivity contribution in [2.24, 2.45) is 0 Å². The van der Waals surface area contributed by atoms with Crippen LogP contribution in [0.25, 0.3) is 22.1 Å². The minimum absolute atomic E-state index is 0.0457. The smallest absolute Gasteiger partial charge is 0.200 e. The normalized spacial score (nSPS) is 10.8. The van der Waals surface area contributed by atoms with E-state index in [1.54, 1.807) is 18.2 Å². The average Bonchev–Trinajstić information content (AvgIpc) is 2.54. The summed E-state index contributed by atoms with van der Waals surface area (Å²) in [5.74, 6) is 0.687. The van der Waals surface area contributed by atoms with Gasteiger partial charge in [-0.3, -0.25) is 4.79 Å². The monoisotopic (exact) mass is 422 g/mol. The highest BCUT2D eigenvalue weighted by atomic mass is 79.9. The van der Waals surface area contributed by atoms with Crippen molar-refractivity contribution < 1.29 is 9.15 Å². The molecule has 0 aliphatic heterocycles. The minimum Gasteiger partial charge on any atom is -0.493 e. The highest BCUT2D eigenvalue weighted by molar-refractivity contribution is 9.10. The van der Waals surface area contributed by atoms with Crippen LogP contribution >= 0.6 is 31.9 Å². The van der Waals surface area contributed by atoms with E-state index in [1.807, 2.05) is 24.3 Å². The van der Waals surface area contributed by atoms with E-state index in [-0.39, 0.29) is 5.43 Å². The third kappa shape index (κ3) is 3.10. The lowest BCUT2D eigenvalue weighted by Gasteiger charge is -2.06. The Balaban J connectivity index is 2.06. The summed E-state index contributed by atoms with van der Waals surface area (Å²) in [6, 6.07) is 12.8. The van der Waals surface area contributed by atoms with Crippen molar-refractivity contribution in [3.8, 4) is 16.9 Å². The molecular formula is C17H12Br2O3. The van der Waals surface area contributed by atoms with Crippen LogP contribution in [0.15, 0.2) is 62.4 Å². The van der Waals surface area contributed by atoms with Gasteiger partial charge in [0.2, 0.25) is 0 Å². The molecule has 0 saturated carbocycles. The van der Waals surface area contributed by atoms with E-state index in [4.69, 9.17) is 9.15 Å². The maximum Gasteiger partial charge on any atom is 0.200 e. The van der Waals surface area contributed by atoms with Crippen molar-refractivity contribution in [2.75, 3.05) is 11.9 Å². The summed E-state index contributed by atoms with van der Waals surface area (Å²) in [6.07, 6.45) is 1.50. The molecule has 5 heteroatoms. The fraction of sp³-hybridized carbons (Fsp3) is 0.118. The molecule has 0 spiro atoms. The first-order valence-electron chi connectivity index (χ1n) is 6.69. The van der Waals surface area contributed by atoms with Gasteiger partial charge in [-0.1, -0.05) is 44.0 Å². The summed E-state index contributed by atoms with van der Waals surface area (Å²) >= 11 is 6.69. The van der Waals surface area contributed by atoms with Gasteiger partial charge in [0, 0.05) is 15.9 Å². The summed E-state index contributed by atoms with van der Waals surface area (Å²) < 4.78 is 12.1. The molecule has 0 saturated heterocycles. The highest BCUT2D eigenvalue weighted by Crippen LogP contribution is 2.24. The molecule has 0 aliphatic rings. The van der Waals surface area contributed by atoms with Crippen LogP contribution in [0.4, 0.5) is 0 Å². The SMILES string of the molecule is O=c1c(-c2ccc(Br)cc2)coc2cc(OCCBr)ccc12. The van der Waals surface area contributed by atoms with Gasteiger partial charge in [0.1, 0.15) is 17.6 Å². The molecule has 22 heavy (non-hydrogen) atoms. The predicted octanol–water partition coefficient (Wildman–Crippen LogP) is 5.00. The van der Waals surface area contributed by atoms with E-state index in [0.717, 1.165) is 15.4 Å². The van der Waals surface area contributed by atoms with Gasteiger partial charge in [-0.15, -0.1) is 0 Å². The second-order valence-electron chi connectivity index (χ2n) is 4.68. The summed E-state index contributed by atoms with van der Waals surface area (Å²) in [5.41, 5.74) is 1.86. The van der Waals surface area contributed by atoms with Crippen molar-refractivity contribution in [2.45, 2.75) is 0 Å². The summed E-state index contributed by atoms with van der Waals surface area (Å²) in [7, 11) is 0. The van der Waals surface area contributed by atoms with E-state index in [9.17, 15) is 4.79 Å².